The van der Waals surface area contributed by atoms with E-state index in [4.69, 9.17) is 4.74 Å². The average molecular weight is 265 g/mol. The van der Waals surface area contributed by atoms with E-state index in [0.717, 1.165) is 5.56 Å². The summed E-state index contributed by atoms with van der Waals surface area (Å²) < 4.78 is 4.76. The van der Waals surface area contributed by atoms with Gasteiger partial charge in [-0.05, 0) is 37.1 Å². The zero-order valence-electron chi connectivity index (χ0n) is 11.5. The van der Waals surface area contributed by atoms with Crippen LogP contribution in [0.4, 0.5) is 10.5 Å². The Morgan fingerprint density at radius 2 is 1.70 bits per heavy atom. The Bertz CT molecular complexity index is 636. The van der Waals surface area contributed by atoms with Gasteiger partial charge in [-0.3, -0.25) is 0 Å². The zero-order chi connectivity index (χ0) is 14.4. The first kappa shape index (κ1) is 13.7. The zero-order valence-corrected chi connectivity index (χ0v) is 11.5. The summed E-state index contributed by atoms with van der Waals surface area (Å²) in [4.78, 5) is 13.1. The number of methoxy groups -OCH3 is 1. The molecule has 0 heterocycles. The third kappa shape index (κ3) is 3.39. The van der Waals surface area contributed by atoms with Crippen molar-refractivity contribution in [3.05, 3.63) is 65.7 Å². The van der Waals surface area contributed by atoms with Crippen LogP contribution in [0.3, 0.4) is 0 Å². The van der Waals surface area contributed by atoms with Gasteiger partial charge >= 0.3 is 6.09 Å². The second-order valence-electron chi connectivity index (χ2n) is 4.24. The molecule has 0 saturated carbocycles. The summed E-state index contributed by atoms with van der Waals surface area (Å²) in [6.45, 7) is 2.02. The minimum Gasteiger partial charge on any atom is -0.452 e. The number of carbonyl (C=O) groups is 1. The smallest absolute Gasteiger partial charge is 0.426 e. The molecule has 1 amide bonds. The largest absolute Gasteiger partial charge is 0.452 e. The van der Waals surface area contributed by atoms with Crippen molar-refractivity contribution in [2.45, 2.75) is 6.92 Å². The molecule has 2 rings (SSSR count). The van der Waals surface area contributed by atoms with Gasteiger partial charge in [0.1, 0.15) is 0 Å². The quantitative estimate of drug-likeness (QED) is 0.582. The van der Waals surface area contributed by atoms with Gasteiger partial charge < -0.3 is 4.74 Å². The van der Waals surface area contributed by atoms with Crippen molar-refractivity contribution < 1.29 is 9.53 Å². The summed E-state index contributed by atoms with van der Waals surface area (Å²) in [6, 6.07) is 19.8. The number of nitrogens with zero attached hydrogens (tertiary/aromatic N) is 1. The van der Waals surface area contributed by atoms with Crippen LogP contribution in [0, 0.1) is 18.9 Å². The van der Waals surface area contributed by atoms with E-state index >= 15 is 0 Å². The number of amides is 1. The minimum atomic E-state index is -0.504. The SMILES string of the molecule is COC(=O)N(C#Cc1ccc(C)cc1)c1ccccc1. The number of aryl methyl sites for hydroxylation is 1. The highest BCUT2D eigenvalue weighted by Crippen LogP contribution is 2.13. The van der Waals surface area contributed by atoms with Crippen molar-refractivity contribution >= 4 is 11.8 Å². The molecule has 0 saturated heterocycles. The molecule has 0 bridgehead atoms. The van der Waals surface area contributed by atoms with E-state index in [9.17, 15) is 4.79 Å². The lowest BCUT2D eigenvalue weighted by Crippen LogP contribution is -2.25. The lowest BCUT2D eigenvalue weighted by Gasteiger charge is -2.13. The maximum Gasteiger partial charge on any atom is 0.426 e. The highest BCUT2D eigenvalue weighted by molar-refractivity contribution is 5.91. The molecule has 0 aliphatic carbocycles. The Labute approximate surface area is 118 Å². The molecule has 0 atom stereocenters. The van der Waals surface area contributed by atoms with Crippen LogP contribution in [0.15, 0.2) is 54.6 Å². The van der Waals surface area contributed by atoms with Crippen molar-refractivity contribution in [1.29, 1.82) is 0 Å². The van der Waals surface area contributed by atoms with Gasteiger partial charge in [0.15, 0.2) is 0 Å². The number of hydrogen-bond donors (Lipinski definition) is 0. The molecule has 3 nitrogen and oxygen atoms in total. The summed E-state index contributed by atoms with van der Waals surface area (Å²) >= 11 is 0. The fraction of sp³-hybridized carbons (Fsp3) is 0.118. The Balaban J connectivity index is 2.30. The predicted molar refractivity (Wildman–Crippen MR) is 79.4 cm³/mol. The van der Waals surface area contributed by atoms with Gasteiger partial charge in [0.05, 0.1) is 12.8 Å². The van der Waals surface area contributed by atoms with Crippen molar-refractivity contribution in [3.63, 3.8) is 0 Å². The van der Waals surface area contributed by atoms with Crippen LogP contribution < -0.4 is 4.90 Å². The third-order valence-corrected chi connectivity index (χ3v) is 2.74. The van der Waals surface area contributed by atoms with Crippen LogP contribution in [0.1, 0.15) is 11.1 Å². The molecule has 2 aromatic carbocycles. The van der Waals surface area contributed by atoms with E-state index in [1.54, 1.807) is 12.1 Å². The molecule has 0 aliphatic rings. The molecule has 3 heteroatoms. The van der Waals surface area contributed by atoms with Crippen LogP contribution in [-0.2, 0) is 4.74 Å². The normalized spacial score (nSPS) is 9.30. The predicted octanol–water partition coefficient (Wildman–Crippen LogP) is 3.58. The molecule has 0 aliphatic heterocycles. The molecular weight excluding hydrogens is 250 g/mol. The van der Waals surface area contributed by atoms with Gasteiger partial charge in [-0.1, -0.05) is 35.9 Å². The highest BCUT2D eigenvalue weighted by Gasteiger charge is 2.13. The van der Waals surface area contributed by atoms with Crippen molar-refractivity contribution in [2.75, 3.05) is 12.0 Å². The molecule has 0 N–H and O–H groups in total. The Morgan fingerprint density at radius 3 is 2.30 bits per heavy atom. The topological polar surface area (TPSA) is 29.5 Å². The van der Waals surface area contributed by atoms with E-state index < -0.39 is 6.09 Å². The molecule has 20 heavy (non-hydrogen) atoms. The van der Waals surface area contributed by atoms with E-state index in [0.29, 0.717) is 5.69 Å². The maximum atomic E-state index is 11.8. The fourth-order valence-corrected chi connectivity index (χ4v) is 1.64. The third-order valence-electron chi connectivity index (χ3n) is 2.74. The Morgan fingerprint density at radius 1 is 1.05 bits per heavy atom. The number of anilines is 1. The fourth-order valence-electron chi connectivity index (χ4n) is 1.64. The molecule has 2 aromatic rings. The van der Waals surface area contributed by atoms with Crippen molar-refractivity contribution in [1.82, 2.24) is 0 Å². The molecule has 0 fully saturated rings. The van der Waals surface area contributed by atoms with E-state index in [-0.39, 0.29) is 0 Å². The minimum absolute atomic E-state index is 0.504. The number of ether oxygens (including phenoxy) is 1. The van der Waals surface area contributed by atoms with Gasteiger partial charge in [-0.25, -0.2) is 9.69 Å². The lowest BCUT2D eigenvalue weighted by atomic mass is 10.2. The van der Waals surface area contributed by atoms with Crippen LogP contribution >= 0.6 is 0 Å². The average Bonchev–Trinajstić information content (AvgIpc) is 2.50. The summed E-state index contributed by atoms with van der Waals surface area (Å²) in [5.41, 5.74) is 2.70. The summed E-state index contributed by atoms with van der Waals surface area (Å²) in [6.07, 6.45) is -0.504. The van der Waals surface area contributed by atoms with Crippen molar-refractivity contribution in [3.8, 4) is 12.0 Å². The highest BCUT2D eigenvalue weighted by atomic mass is 16.5. The standard InChI is InChI=1S/C17H15NO2/c1-14-8-10-15(11-9-14)12-13-18(17(19)20-2)16-6-4-3-5-7-16/h3-11H,1-2H3. The van der Waals surface area contributed by atoms with Crippen LogP contribution in [0.25, 0.3) is 0 Å². The summed E-state index contributed by atoms with van der Waals surface area (Å²) in [5.74, 6) is 2.96. The Hall–Kier alpha value is -2.73. The summed E-state index contributed by atoms with van der Waals surface area (Å²) in [5, 5.41) is 0. The van der Waals surface area contributed by atoms with Gasteiger partial charge in [-0.2, -0.15) is 0 Å². The monoisotopic (exact) mass is 265 g/mol. The van der Waals surface area contributed by atoms with Crippen LogP contribution in [0.2, 0.25) is 0 Å². The Kier molecular flexibility index (Phi) is 4.41. The number of rotatable bonds is 1. The number of benzene rings is 2. The van der Waals surface area contributed by atoms with Gasteiger partial charge in [0.25, 0.3) is 0 Å². The number of para-hydroxylation sites is 1. The maximum absolute atomic E-state index is 11.8. The van der Waals surface area contributed by atoms with Crippen LogP contribution in [-0.4, -0.2) is 13.2 Å². The molecule has 0 aromatic heterocycles. The first-order chi connectivity index (χ1) is 9.70. The van der Waals surface area contributed by atoms with E-state index in [1.807, 2.05) is 49.4 Å². The van der Waals surface area contributed by atoms with Crippen molar-refractivity contribution in [2.24, 2.45) is 0 Å². The first-order valence-corrected chi connectivity index (χ1v) is 6.22. The van der Waals surface area contributed by atoms with E-state index in [2.05, 4.69) is 12.0 Å². The molecule has 0 unspecified atom stereocenters. The second kappa shape index (κ2) is 6.44. The summed E-state index contributed by atoms with van der Waals surface area (Å²) in [7, 11) is 1.34. The molecule has 100 valence electrons. The molecule has 0 radical (unpaired) electrons. The van der Waals surface area contributed by atoms with Crippen LogP contribution in [0.5, 0.6) is 0 Å². The number of carbonyl (C=O) groups excluding carboxylic acids is 1. The van der Waals surface area contributed by atoms with Gasteiger partial charge in [-0.15, -0.1) is 0 Å². The molecular formula is C17H15NO2. The molecule has 0 spiro atoms. The van der Waals surface area contributed by atoms with Gasteiger partial charge in [0, 0.05) is 11.6 Å². The first-order valence-electron chi connectivity index (χ1n) is 6.22. The second-order valence-corrected chi connectivity index (χ2v) is 4.24. The van der Waals surface area contributed by atoms with E-state index in [1.165, 1.54) is 17.6 Å². The number of hydrogen-bond acceptors (Lipinski definition) is 2. The lowest BCUT2D eigenvalue weighted by molar-refractivity contribution is 0.182. The van der Waals surface area contributed by atoms with Gasteiger partial charge in [0.2, 0.25) is 0 Å².